The van der Waals surface area contributed by atoms with E-state index in [4.69, 9.17) is 21.3 Å². The van der Waals surface area contributed by atoms with Crippen LogP contribution in [-0.4, -0.2) is 19.1 Å². The first-order valence-corrected chi connectivity index (χ1v) is 20.1. The molecule has 4 aromatic heterocycles. The van der Waals surface area contributed by atoms with Gasteiger partial charge in [0.05, 0.1) is 45.4 Å². The predicted molar refractivity (Wildman–Crippen MR) is 240 cm³/mol. The molecule has 1 aliphatic heterocycles. The molecule has 0 unspecified atom stereocenters. The quantitative estimate of drug-likeness (QED) is 0.168. The lowest BCUT2D eigenvalue weighted by Crippen LogP contribution is -2.32. The molecule has 2 aliphatic rings. The lowest BCUT2D eigenvalue weighted by molar-refractivity contribution is 0.436. The van der Waals surface area contributed by atoms with Crippen LogP contribution in [0.2, 0.25) is 0 Å². The number of pyridine rings is 2. The maximum Gasteiger partial charge on any atom is 0.188 e. The summed E-state index contributed by atoms with van der Waals surface area (Å²) < 4.78 is 11.7. The summed E-state index contributed by atoms with van der Waals surface area (Å²) in [6.45, 7) is 7.72. The second-order valence-corrected chi connectivity index (χ2v) is 15.6. The number of hydrogen-bond donors (Lipinski definition) is 0. The highest BCUT2D eigenvalue weighted by molar-refractivity contribution is 6.11. The van der Waals surface area contributed by atoms with Gasteiger partial charge in [0.1, 0.15) is 11.5 Å². The Labute approximate surface area is 344 Å². The highest BCUT2D eigenvalue weighted by Gasteiger charge is 2.52. The van der Waals surface area contributed by atoms with Gasteiger partial charge in [-0.2, -0.15) is 0 Å². The molecule has 278 valence electrons. The fourth-order valence-electron chi connectivity index (χ4n) is 10.2. The van der Waals surface area contributed by atoms with Crippen LogP contribution in [0.1, 0.15) is 22.3 Å². The number of para-hydroxylation sites is 3. The summed E-state index contributed by atoms with van der Waals surface area (Å²) in [4.78, 5) is 13.7. The van der Waals surface area contributed by atoms with Crippen LogP contribution >= 0.6 is 0 Å². The molecule has 0 atom stereocenters. The third kappa shape index (κ3) is 4.30. The average Bonchev–Trinajstić information content (AvgIpc) is 3.93. The number of aromatic nitrogens is 4. The van der Waals surface area contributed by atoms with Crippen LogP contribution in [0.25, 0.3) is 82.3 Å². The Balaban J connectivity index is 1.04. The second-order valence-electron chi connectivity index (χ2n) is 15.6. The van der Waals surface area contributed by atoms with Crippen molar-refractivity contribution in [3.8, 4) is 45.4 Å². The van der Waals surface area contributed by atoms with Crippen molar-refractivity contribution >= 4 is 49.3 Å². The van der Waals surface area contributed by atoms with Crippen molar-refractivity contribution in [1.29, 1.82) is 0 Å². The van der Waals surface area contributed by atoms with Gasteiger partial charge in [-0.1, -0.05) is 91.0 Å². The van der Waals surface area contributed by atoms with Gasteiger partial charge < -0.3 is 13.9 Å². The van der Waals surface area contributed by atoms with Crippen LogP contribution in [0.5, 0.6) is 11.5 Å². The molecule has 7 aromatic carbocycles. The van der Waals surface area contributed by atoms with Crippen molar-refractivity contribution < 1.29 is 4.74 Å². The largest absolute Gasteiger partial charge is 0.457 e. The summed E-state index contributed by atoms with van der Waals surface area (Å²) in [7, 11) is 0. The Bertz CT molecular complexity index is 3620. The number of ether oxygens (including phenoxy) is 1. The third-order valence-electron chi connectivity index (χ3n) is 12.7. The van der Waals surface area contributed by atoms with Gasteiger partial charge in [0.15, 0.2) is 5.69 Å². The van der Waals surface area contributed by atoms with E-state index in [2.05, 4.69) is 166 Å². The van der Waals surface area contributed by atoms with E-state index < -0.39 is 5.41 Å². The molecule has 0 amide bonds. The molecule has 6 nitrogen and oxygen atoms in total. The lowest BCUT2D eigenvalue weighted by Gasteiger charge is -2.39. The van der Waals surface area contributed by atoms with Crippen LogP contribution in [0.3, 0.4) is 0 Å². The molecule has 1 spiro atoms. The van der Waals surface area contributed by atoms with E-state index in [0.717, 1.165) is 89.4 Å². The van der Waals surface area contributed by atoms with Gasteiger partial charge in [-0.3, -0.25) is 9.97 Å². The number of benzene rings is 7. The van der Waals surface area contributed by atoms with Crippen molar-refractivity contribution in [2.24, 2.45) is 0 Å². The predicted octanol–water partition coefficient (Wildman–Crippen LogP) is 13.4. The molecular formula is C54H31N5O. The van der Waals surface area contributed by atoms with Gasteiger partial charge in [-0.25, -0.2) is 4.85 Å². The van der Waals surface area contributed by atoms with Gasteiger partial charge >= 0.3 is 0 Å². The van der Waals surface area contributed by atoms with Gasteiger partial charge in [0, 0.05) is 51.1 Å². The first-order chi connectivity index (χ1) is 29.7. The average molecular weight is 766 g/mol. The van der Waals surface area contributed by atoms with Gasteiger partial charge in [-0.15, -0.1) is 0 Å². The SMILES string of the molecule is [C-]#[N+]c1ccc2c(c1)c1ccccc1n2-c1ccc2c(c1)C1(c3ccc(-c4ccc5c(c4)c4ccccc4n5-c4ccccc4)cc3O2)c2cccnc2-c2ncccc21. The molecule has 0 radical (unpaired) electrons. The van der Waals surface area contributed by atoms with Crippen LogP contribution in [0, 0.1) is 6.57 Å². The van der Waals surface area contributed by atoms with Gasteiger partial charge in [0.2, 0.25) is 0 Å². The highest BCUT2D eigenvalue weighted by Crippen LogP contribution is 2.62. The Morgan fingerprint density at radius 3 is 1.75 bits per heavy atom. The zero-order valence-electron chi connectivity index (χ0n) is 32.0. The Morgan fingerprint density at radius 1 is 0.433 bits per heavy atom. The fourth-order valence-corrected chi connectivity index (χ4v) is 10.2. The molecule has 0 bridgehead atoms. The van der Waals surface area contributed by atoms with E-state index in [1.807, 2.05) is 36.7 Å². The fraction of sp³-hybridized carbons (Fsp3) is 0.0185. The molecule has 13 rings (SSSR count). The van der Waals surface area contributed by atoms with Crippen molar-refractivity contribution in [3.05, 3.63) is 222 Å². The maximum atomic E-state index is 7.72. The number of fused-ring (bicyclic) bond motifs is 15. The Hall–Kier alpha value is -8.27. The standard InChI is InChI=1S/C54H31N5O/c1-55-35-21-25-49-41(31-35)39-14-6-8-18-47(39)59(49)37-22-26-50-45(32-37)54(43-15-9-27-56-52(43)53-44(54)16-10-28-57-53)42-23-19-34(30-51(42)60-50)33-20-24-48-40(29-33)38-13-5-7-17-46(38)58(48)36-11-3-2-4-12-36/h2-32H. The Morgan fingerprint density at radius 2 is 1.03 bits per heavy atom. The van der Waals surface area contributed by atoms with Gasteiger partial charge in [0.25, 0.3) is 0 Å². The lowest BCUT2D eigenvalue weighted by atomic mass is 9.66. The summed E-state index contributed by atoms with van der Waals surface area (Å²) in [6, 6.07) is 62.1. The van der Waals surface area contributed by atoms with E-state index in [1.54, 1.807) is 0 Å². The minimum Gasteiger partial charge on any atom is -0.457 e. The number of rotatable bonds is 3. The minimum absolute atomic E-state index is 0.622. The zero-order chi connectivity index (χ0) is 39.5. The number of hydrogen-bond acceptors (Lipinski definition) is 3. The molecule has 5 heterocycles. The van der Waals surface area contributed by atoms with Crippen LogP contribution in [-0.2, 0) is 5.41 Å². The molecule has 1 aliphatic carbocycles. The minimum atomic E-state index is -0.756. The van der Waals surface area contributed by atoms with E-state index >= 15 is 0 Å². The molecule has 0 saturated carbocycles. The topological polar surface area (TPSA) is 49.2 Å². The first kappa shape index (κ1) is 32.8. The Kier molecular flexibility index (Phi) is 6.62. The molecule has 0 fully saturated rings. The molecule has 11 aromatic rings. The van der Waals surface area contributed by atoms with Crippen LogP contribution in [0.15, 0.2) is 188 Å². The van der Waals surface area contributed by atoms with Crippen LogP contribution in [0.4, 0.5) is 5.69 Å². The maximum absolute atomic E-state index is 7.72. The summed E-state index contributed by atoms with van der Waals surface area (Å²) in [5, 5.41) is 4.57. The molecule has 6 heteroatoms. The van der Waals surface area contributed by atoms with Gasteiger partial charge in [-0.05, 0) is 113 Å². The molecule has 60 heavy (non-hydrogen) atoms. The third-order valence-corrected chi connectivity index (χ3v) is 12.7. The summed E-state index contributed by atoms with van der Waals surface area (Å²) in [5.74, 6) is 1.59. The smallest absolute Gasteiger partial charge is 0.188 e. The summed E-state index contributed by atoms with van der Waals surface area (Å²) in [6.07, 6.45) is 3.72. The molecule has 0 saturated heterocycles. The van der Waals surface area contributed by atoms with Crippen LogP contribution < -0.4 is 4.74 Å². The van der Waals surface area contributed by atoms with E-state index in [0.29, 0.717) is 5.69 Å². The normalized spacial score (nSPS) is 13.2. The monoisotopic (exact) mass is 765 g/mol. The van der Waals surface area contributed by atoms with E-state index in [1.165, 1.54) is 21.8 Å². The number of nitrogens with zero attached hydrogens (tertiary/aromatic N) is 5. The van der Waals surface area contributed by atoms with Crippen molar-refractivity contribution in [3.63, 3.8) is 0 Å². The summed E-state index contributed by atoms with van der Waals surface area (Å²) >= 11 is 0. The molecular weight excluding hydrogens is 735 g/mol. The zero-order valence-corrected chi connectivity index (χ0v) is 32.0. The van der Waals surface area contributed by atoms with E-state index in [-0.39, 0.29) is 0 Å². The highest BCUT2D eigenvalue weighted by atomic mass is 16.5. The van der Waals surface area contributed by atoms with Crippen molar-refractivity contribution in [1.82, 2.24) is 19.1 Å². The van der Waals surface area contributed by atoms with Crippen molar-refractivity contribution in [2.45, 2.75) is 5.41 Å². The summed E-state index contributed by atoms with van der Waals surface area (Å²) in [5.41, 5.74) is 14.6. The van der Waals surface area contributed by atoms with E-state index in [9.17, 15) is 0 Å². The first-order valence-electron chi connectivity index (χ1n) is 20.1. The van der Waals surface area contributed by atoms with Crippen molar-refractivity contribution in [2.75, 3.05) is 0 Å². The molecule has 0 N–H and O–H groups in total. The second kappa shape index (κ2) is 12.1.